The molecule has 268 valence electrons. The summed E-state index contributed by atoms with van der Waals surface area (Å²) in [6.07, 6.45) is 33.7. The van der Waals surface area contributed by atoms with Crippen molar-refractivity contribution in [2.45, 2.75) is 154 Å². The normalized spacial score (nSPS) is 48.3. The average Bonchev–Trinajstić information content (AvgIpc) is 3.25. The summed E-state index contributed by atoms with van der Waals surface area (Å²) in [4.78, 5) is 3.11. The van der Waals surface area contributed by atoms with Crippen LogP contribution < -0.4 is 0 Å². The van der Waals surface area contributed by atoms with E-state index in [0.29, 0.717) is 41.4 Å². The minimum atomic E-state index is 0.0212. The van der Waals surface area contributed by atoms with E-state index in [-0.39, 0.29) is 16.4 Å². The molecule has 0 radical (unpaired) electrons. The highest BCUT2D eigenvalue weighted by atomic mass is 16.5. The van der Waals surface area contributed by atoms with Crippen LogP contribution in [0.5, 0.6) is 0 Å². The fourth-order valence-corrected chi connectivity index (χ4v) is 15.9. The summed E-state index contributed by atoms with van der Waals surface area (Å²) in [5.41, 5.74) is 5.25. The van der Waals surface area contributed by atoms with Crippen molar-refractivity contribution in [1.29, 1.82) is 0 Å². The third-order valence-electron chi connectivity index (χ3n) is 17.7. The summed E-state index contributed by atoms with van der Waals surface area (Å²) >= 11 is 0. The summed E-state index contributed by atoms with van der Waals surface area (Å²) in [7, 11) is 0. The van der Waals surface area contributed by atoms with Crippen LogP contribution in [0.2, 0.25) is 0 Å². The zero-order chi connectivity index (χ0) is 33.4. The molecule has 0 amide bonds. The molecule has 8 rings (SSSR count). The molecule has 4 spiro atoms. The van der Waals surface area contributed by atoms with Gasteiger partial charge in [-0.15, -0.1) is 0 Å². The van der Waals surface area contributed by atoms with Crippen molar-refractivity contribution in [3.63, 3.8) is 0 Å². The molecule has 1 unspecified atom stereocenters. The first-order chi connectivity index (χ1) is 23.3. The van der Waals surface area contributed by atoms with E-state index < -0.39 is 0 Å². The molecule has 0 aromatic carbocycles. The van der Waals surface area contributed by atoms with Gasteiger partial charge >= 0.3 is 0 Å². The van der Waals surface area contributed by atoms with Gasteiger partial charge in [-0.2, -0.15) is 0 Å². The number of unbranched alkanes of at least 4 members (excludes halogenated alkanes) is 1. The predicted molar refractivity (Wildman–Crippen MR) is 195 cm³/mol. The molecule has 0 aromatic heterocycles. The van der Waals surface area contributed by atoms with Crippen molar-refractivity contribution in [3.8, 4) is 0 Å². The lowest BCUT2D eigenvalue weighted by molar-refractivity contribution is -0.231. The number of allylic oxidation sites excluding steroid dienone is 3. The lowest BCUT2D eigenvalue weighted by Crippen LogP contribution is -2.73. The molecule has 2 bridgehead atoms. The van der Waals surface area contributed by atoms with Crippen LogP contribution in [0.4, 0.5) is 0 Å². The van der Waals surface area contributed by atoms with E-state index in [9.17, 15) is 10.2 Å². The minimum Gasteiger partial charge on any atom is -0.396 e. The molecule has 1 saturated heterocycles. The Balaban J connectivity index is 1.15. The molecule has 8 aliphatic rings. The van der Waals surface area contributed by atoms with Crippen LogP contribution in [0.1, 0.15) is 143 Å². The van der Waals surface area contributed by atoms with Gasteiger partial charge < -0.3 is 14.9 Å². The number of rotatable bonds is 14. The van der Waals surface area contributed by atoms with Crippen LogP contribution in [-0.4, -0.2) is 59.2 Å². The number of ether oxygens (including phenoxy) is 1. The van der Waals surface area contributed by atoms with Crippen molar-refractivity contribution < 1.29 is 14.9 Å². The second-order valence-corrected chi connectivity index (χ2v) is 18.9. The van der Waals surface area contributed by atoms with E-state index in [1.54, 1.807) is 5.57 Å². The summed E-state index contributed by atoms with van der Waals surface area (Å²) in [5.74, 6) is 3.48. The number of aliphatic hydroxyl groups excluding tert-OH is 2. The fourth-order valence-electron chi connectivity index (χ4n) is 15.9. The smallest absolute Gasteiger partial charge is 0.0652 e. The first kappa shape index (κ1) is 34.2. The van der Waals surface area contributed by atoms with E-state index in [4.69, 9.17) is 4.74 Å². The van der Waals surface area contributed by atoms with E-state index in [0.717, 1.165) is 50.2 Å². The molecule has 2 heterocycles. The Labute approximate surface area is 293 Å². The van der Waals surface area contributed by atoms with Gasteiger partial charge in [-0.05, 0) is 137 Å². The number of hydrogen-bond donors (Lipinski definition) is 2. The lowest BCUT2D eigenvalue weighted by atomic mass is 9.31. The van der Waals surface area contributed by atoms with E-state index in [2.05, 4.69) is 56.9 Å². The van der Waals surface area contributed by atoms with Crippen molar-refractivity contribution in [2.75, 3.05) is 33.0 Å². The fraction of sp³-hybridized carbons (Fsp3) is 0.864. The minimum absolute atomic E-state index is 0.0212. The monoisotopic (exact) mass is 660 g/mol. The molecule has 48 heavy (non-hydrogen) atoms. The molecule has 5 fully saturated rings. The highest BCUT2D eigenvalue weighted by molar-refractivity contribution is 5.54. The molecule has 12 atom stereocenters. The van der Waals surface area contributed by atoms with Gasteiger partial charge in [0.2, 0.25) is 0 Å². The maximum atomic E-state index is 9.70. The third-order valence-corrected chi connectivity index (χ3v) is 17.7. The molecule has 2 aliphatic heterocycles. The number of hydrogen-bond acceptors (Lipinski definition) is 4. The molecular weight excluding hydrogens is 590 g/mol. The van der Waals surface area contributed by atoms with Crippen LogP contribution in [0.25, 0.3) is 0 Å². The molecular formula is C44H69NO3. The zero-order valence-electron chi connectivity index (χ0n) is 31.2. The van der Waals surface area contributed by atoms with Crippen molar-refractivity contribution in [3.05, 3.63) is 35.5 Å². The summed E-state index contributed by atoms with van der Waals surface area (Å²) < 4.78 is 6.56. The van der Waals surface area contributed by atoms with Gasteiger partial charge in [-0.1, -0.05) is 81.9 Å². The molecule has 6 aliphatic carbocycles. The first-order valence-corrected chi connectivity index (χ1v) is 20.9. The summed E-state index contributed by atoms with van der Waals surface area (Å²) in [6, 6.07) is 0. The van der Waals surface area contributed by atoms with Crippen LogP contribution >= 0.6 is 0 Å². The quantitative estimate of drug-likeness (QED) is 0.111. The zero-order valence-corrected chi connectivity index (χ0v) is 31.2. The highest BCUT2D eigenvalue weighted by Gasteiger charge is 2.87. The third kappa shape index (κ3) is 4.21. The second kappa shape index (κ2) is 12.3. The topological polar surface area (TPSA) is 52.7 Å². The Kier molecular flexibility index (Phi) is 8.78. The summed E-state index contributed by atoms with van der Waals surface area (Å²) in [6.45, 7) is 14.0. The van der Waals surface area contributed by atoms with Gasteiger partial charge in [0, 0.05) is 49.3 Å². The molecule has 2 N–H and O–H groups in total. The Morgan fingerprint density at radius 2 is 1.88 bits per heavy atom. The Bertz CT molecular complexity index is 1320. The van der Waals surface area contributed by atoms with Crippen LogP contribution in [0.3, 0.4) is 0 Å². The van der Waals surface area contributed by atoms with Crippen molar-refractivity contribution in [1.82, 2.24) is 4.90 Å². The lowest BCUT2D eigenvalue weighted by Gasteiger charge is -2.74. The predicted octanol–water partition coefficient (Wildman–Crippen LogP) is 9.41. The maximum Gasteiger partial charge on any atom is 0.0652 e. The molecule has 4 heteroatoms. The van der Waals surface area contributed by atoms with Gasteiger partial charge in [0.15, 0.2) is 0 Å². The number of fused-ring (bicyclic) bond motifs is 1. The highest BCUT2D eigenvalue weighted by Crippen LogP contribution is 2.90. The summed E-state index contributed by atoms with van der Waals surface area (Å²) in [5, 5.41) is 19.3. The first-order valence-electron chi connectivity index (χ1n) is 20.9. The van der Waals surface area contributed by atoms with Crippen molar-refractivity contribution in [2.24, 2.45) is 51.2 Å². The van der Waals surface area contributed by atoms with Crippen LogP contribution in [-0.2, 0) is 4.74 Å². The van der Waals surface area contributed by atoms with Gasteiger partial charge in [0.05, 0.1) is 5.54 Å². The maximum absolute atomic E-state index is 9.70. The Morgan fingerprint density at radius 3 is 2.69 bits per heavy atom. The molecule has 0 aromatic rings. The number of aliphatic hydroxyl groups is 2. The van der Waals surface area contributed by atoms with E-state index in [1.807, 2.05) is 5.57 Å². The van der Waals surface area contributed by atoms with Gasteiger partial charge in [-0.3, -0.25) is 4.90 Å². The Morgan fingerprint density at radius 1 is 1.00 bits per heavy atom. The second-order valence-electron chi connectivity index (χ2n) is 18.9. The van der Waals surface area contributed by atoms with Crippen molar-refractivity contribution >= 4 is 0 Å². The largest absolute Gasteiger partial charge is 0.396 e. The SMILES string of the molecule is CCCC[C@H](CCO)CCOCC[C@H]1CCC[C@]12C[C@@H](C)[C@]13CCC(C)=C1C[C@]21[C@@]2(C=CC[C@@]13C)C=C[C@H]1[C@H](CCCO)CC[C@]13CN32. The molecule has 4 saturated carbocycles. The standard InChI is InChI=1S/C44H69NO3/c1-5-6-10-34(16-26-47)17-27-48-28-18-36-12-7-20-40(36)29-33(3)43-24-13-32(2)38(43)30-44(40)39(43,4)19-9-21-42(44)23-15-37-35(11-8-25-46)14-22-41(37)31-45(41)42/h9,15,21,23,33-37,46-47H,5-8,10-14,16-20,22,24-31H2,1-4H3/t33-,34-,35-,36-,37+,39-,40+,41+,42-,43-,44-,45?/m1/s1. The van der Waals surface area contributed by atoms with Crippen LogP contribution in [0.15, 0.2) is 35.5 Å². The van der Waals surface area contributed by atoms with Crippen LogP contribution in [0, 0.1) is 51.2 Å². The average molecular weight is 660 g/mol. The van der Waals surface area contributed by atoms with Gasteiger partial charge in [-0.25, -0.2) is 0 Å². The Hall–Kier alpha value is -0.940. The number of nitrogens with zero attached hydrogens (tertiary/aromatic N) is 1. The molecule has 4 nitrogen and oxygen atoms in total. The van der Waals surface area contributed by atoms with Gasteiger partial charge in [0.25, 0.3) is 0 Å². The van der Waals surface area contributed by atoms with Gasteiger partial charge in [0.1, 0.15) is 0 Å². The van der Waals surface area contributed by atoms with E-state index in [1.165, 1.54) is 103 Å². The van der Waals surface area contributed by atoms with E-state index >= 15 is 0 Å².